The van der Waals surface area contributed by atoms with Gasteiger partial charge in [-0.15, -0.1) is 0 Å². The molecule has 0 aliphatic carbocycles. The average molecular weight is 688 g/mol. The first kappa shape index (κ1) is 30.5. The molecular formula is C52H33NO. The zero-order valence-electron chi connectivity index (χ0n) is 29.4. The van der Waals surface area contributed by atoms with Crippen LogP contribution in [0.3, 0.4) is 0 Å². The molecule has 0 radical (unpaired) electrons. The average Bonchev–Trinajstić information content (AvgIpc) is 3.63. The highest BCUT2D eigenvalue weighted by atomic mass is 16.3. The molecule has 0 atom stereocenters. The van der Waals surface area contributed by atoms with Crippen molar-refractivity contribution in [3.05, 3.63) is 200 Å². The lowest BCUT2D eigenvalue weighted by molar-refractivity contribution is 0.672. The number of hydrogen-bond acceptors (Lipinski definition) is 2. The summed E-state index contributed by atoms with van der Waals surface area (Å²) in [5, 5.41) is 12.2. The minimum Gasteiger partial charge on any atom is -0.455 e. The molecule has 11 rings (SSSR count). The molecule has 0 spiro atoms. The van der Waals surface area contributed by atoms with Crippen molar-refractivity contribution in [1.82, 2.24) is 0 Å². The van der Waals surface area contributed by atoms with Crippen LogP contribution in [0.2, 0.25) is 0 Å². The van der Waals surface area contributed by atoms with E-state index in [-0.39, 0.29) is 0 Å². The topological polar surface area (TPSA) is 16.4 Å². The van der Waals surface area contributed by atoms with Crippen LogP contribution in [0.1, 0.15) is 0 Å². The van der Waals surface area contributed by atoms with Gasteiger partial charge in [-0.2, -0.15) is 0 Å². The summed E-state index contributed by atoms with van der Waals surface area (Å²) >= 11 is 0. The maximum Gasteiger partial charge on any atom is 0.143 e. The van der Waals surface area contributed by atoms with Crippen LogP contribution in [0.4, 0.5) is 17.1 Å². The number of fused-ring (bicyclic) bond motifs is 10. The van der Waals surface area contributed by atoms with Gasteiger partial charge >= 0.3 is 0 Å². The van der Waals surface area contributed by atoms with E-state index in [2.05, 4.69) is 193 Å². The van der Waals surface area contributed by atoms with Gasteiger partial charge in [0.2, 0.25) is 0 Å². The number of benzene rings is 10. The van der Waals surface area contributed by atoms with Crippen LogP contribution in [0.5, 0.6) is 0 Å². The van der Waals surface area contributed by atoms with Crippen molar-refractivity contribution in [1.29, 1.82) is 0 Å². The zero-order chi connectivity index (χ0) is 35.6. The van der Waals surface area contributed by atoms with Crippen LogP contribution in [-0.4, -0.2) is 0 Å². The summed E-state index contributed by atoms with van der Waals surface area (Å²) < 4.78 is 6.42. The molecule has 0 bridgehead atoms. The normalized spacial score (nSPS) is 11.7. The Kier molecular flexibility index (Phi) is 6.90. The molecule has 1 aromatic heterocycles. The van der Waals surface area contributed by atoms with Gasteiger partial charge in [0, 0.05) is 33.1 Å². The van der Waals surface area contributed by atoms with Gasteiger partial charge in [-0.25, -0.2) is 0 Å². The van der Waals surface area contributed by atoms with E-state index in [1.54, 1.807) is 0 Å². The zero-order valence-corrected chi connectivity index (χ0v) is 29.4. The van der Waals surface area contributed by atoms with Crippen molar-refractivity contribution >= 4 is 82.1 Å². The van der Waals surface area contributed by atoms with Gasteiger partial charge in [0.05, 0.1) is 5.69 Å². The summed E-state index contributed by atoms with van der Waals surface area (Å²) in [6.07, 6.45) is 0. The number of anilines is 3. The largest absolute Gasteiger partial charge is 0.455 e. The third kappa shape index (κ3) is 4.88. The fourth-order valence-corrected chi connectivity index (χ4v) is 8.41. The number of nitrogens with zero attached hydrogens (tertiary/aromatic N) is 1. The molecule has 10 aromatic carbocycles. The minimum atomic E-state index is 0.913. The Labute approximate surface area is 312 Å². The standard InChI is InChI=1S/C52H33NO/c1-2-10-35(11-3-1)43-13-6-8-16-49(43)53(42-28-31-46-40(33-42)25-30-48-47-15-7-9-17-50(47)54-52(46)48)41-26-22-34(23-27-41)38-24-29-45-39(32-38)21-20-37-19-18-36-12-4-5-14-44(36)51(37)45/h1-33H. The number of para-hydroxylation sites is 2. The third-order valence-electron chi connectivity index (χ3n) is 11.0. The summed E-state index contributed by atoms with van der Waals surface area (Å²) in [7, 11) is 0. The van der Waals surface area contributed by atoms with Gasteiger partial charge in [-0.05, 0) is 109 Å². The van der Waals surface area contributed by atoms with Crippen molar-refractivity contribution in [2.75, 3.05) is 4.90 Å². The molecule has 0 amide bonds. The molecule has 0 N–H and O–H groups in total. The first-order chi connectivity index (χ1) is 26.8. The van der Waals surface area contributed by atoms with E-state index in [1.165, 1.54) is 54.6 Å². The Bertz CT molecular complexity index is 3210. The summed E-state index contributed by atoms with van der Waals surface area (Å²) in [5.41, 5.74) is 9.86. The predicted octanol–water partition coefficient (Wildman–Crippen LogP) is 15.0. The molecule has 0 aliphatic heterocycles. The Morgan fingerprint density at radius 2 is 0.944 bits per heavy atom. The third-order valence-corrected chi connectivity index (χ3v) is 11.0. The van der Waals surface area contributed by atoms with E-state index in [0.717, 1.165) is 49.8 Å². The van der Waals surface area contributed by atoms with Crippen LogP contribution in [0, 0.1) is 0 Å². The quantitative estimate of drug-likeness (QED) is 0.168. The van der Waals surface area contributed by atoms with Crippen LogP contribution in [-0.2, 0) is 0 Å². The van der Waals surface area contributed by atoms with E-state index < -0.39 is 0 Å². The number of furan rings is 1. The van der Waals surface area contributed by atoms with Crippen LogP contribution >= 0.6 is 0 Å². The molecule has 2 heteroatoms. The van der Waals surface area contributed by atoms with Crippen molar-refractivity contribution in [3.63, 3.8) is 0 Å². The van der Waals surface area contributed by atoms with E-state index in [1.807, 2.05) is 12.1 Å². The van der Waals surface area contributed by atoms with Crippen molar-refractivity contribution in [2.45, 2.75) is 0 Å². The molecule has 11 aromatic rings. The fourth-order valence-electron chi connectivity index (χ4n) is 8.41. The highest BCUT2D eigenvalue weighted by molar-refractivity contribution is 6.20. The van der Waals surface area contributed by atoms with Gasteiger partial charge in [0.1, 0.15) is 11.2 Å². The molecule has 54 heavy (non-hydrogen) atoms. The highest BCUT2D eigenvalue weighted by Gasteiger charge is 2.19. The SMILES string of the molecule is c1ccc(-c2ccccc2N(c2ccc(-c3ccc4c(ccc5ccc6ccccc6c54)c3)cc2)c2ccc3c(ccc4c5ccccc5oc34)c2)cc1. The number of hydrogen-bond donors (Lipinski definition) is 0. The highest BCUT2D eigenvalue weighted by Crippen LogP contribution is 2.43. The maximum atomic E-state index is 6.42. The predicted molar refractivity (Wildman–Crippen MR) is 229 cm³/mol. The smallest absolute Gasteiger partial charge is 0.143 e. The second-order valence-corrected chi connectivity index (χ2v) is 14.1. The molecule has 0 saturated heterocycles. The second-order valence-electron chi connectivity index (χ2n) is 14.1. The van der Waals surface area contributed by atoms with Gasteiger partial charge in [-0.1, -0.05) is 146 Å². The first-order valence-corrected chi connectivity index (χ1v) is 18.5. The minimum absolute atomic E-state index is 0.913. The Hall–Kier alpha value is -7.16. The molecular weight excluding hydrogens is 655 g/mol. The van der Waals surface area contributed by atoms with E-state index in [4.69, 9.17) is 4.42 Å². The maximum absolute atomic E-state index is 6.42. The lowest BCUT2D eigenvalue weighted by Gasteiger charge is -2.28. The summed E-state index contributed by atoms with van der Waals surface area (Å²) in [6.45, 7) is 0. The Morgan fingerprint density at radius 1 is 0.333 bits per heavy atom. The summed E-state index contributed by atoms with van der Waals surface area (Å²) in [4.78, 5) is 2.38. The Balaban J connectivity index is 1.04. The molecule has 0 fully saturated rings. The van der Waals surface area contributed by atoms with Crippen molar-refractivity contribution < 1.29 is 4.42 Å². The van der Waals surface area contributed by atoms with Crippen LogP contribution < -0.4 is 4.90 Å². The Morgan fingerprint density at radius 3 is 1.83 bits per heavy atom. The second kappa shape index (κ2) is 12.2. The molecule has 1 heterocycles. The van der Waals surface area contributed by atoms with Crippen molar-refractivity contribution in [3.8, 4) is 22.3 Å². The van der Waals surface area contributed by atoms with E-state index >= 15 is 0 Å². The van der Waals surface area contributed by atoms with Crippen molar-refractivity contribution in [2.24, 2.45) is 0 Å². The molecule has 2 nitrogen and oxygen atoms in total. The molecule has 0 aliphatic rings. The fraction of sp³-hybridized carbons (Fsp3) is 0. The van der Waals surface area contributed by atoms with Crippen LogP contribution in [0.25, 0.3) is 87.3 Å². The number of rotatable bonds is 5. The monoisotopic (exact) mass is 687 g/mol. The lowest BCUT2D eigenvalue weighted by atomic mass is 9.94. The van der Waals surface area contributed by atoms with Gasteiger partial charge in [-0.3, -0.25) is 0 Å². The summed E-state index contributed by atoms with van der Waals surface area (Å²) in [5.74, 6) is 0. The summed E-state index contributed by atoms with van der Waals surface area (Å²) in [6, 6.07) is 72.3. The van der Waals surface area contributed by atoms with E-state index in [9.17, 15) is 0 Å². The van der Waals surface area contributed by atoms with Gasteiger partial charge < -0.3 is 9.32 Å². The lowest BCUT2D eigenvalue weighted by Crippen LogP contribution is -2.11. The molecule has 0 saturated carbocycles. The molecule has 0 unspecified atom stereocenters. The van der Waals surface area contributed by atoms with E-state index in [0.29, 0.717) is 0 Å². The van der Waals surface area contributed by atoms with Gasteiger partial charge in [0.25, 0.3) is 0 Å². The van der Waals surface area contributed by atoms with Crippen LogP contribution in [0.15, 0.2) is 205 Å². The first-order valence-electron chi connectivity index (χ1n) is 18.5. The van der Waals surface area contributed by atoms with Gasteiger partial charge in [0.15, 0.2) is 0 Å². The molecule has 252 valence electrons.